The molecule has 0 aliphatic heterocycles. The summed E-state index contributed by atoms with van der Waals surface area (Å²) in [6.45, 7) is 7.76. The molecule has 8 nitrogen and oxygen atoms in total. The molecule has 0 spiro atoms. The van der Waals surface area contributed by atoms with Crippen molar-refractivity contribution in [2.45, 2.75) is 32.4 Å². The Labute approximate surface area is 152 Å². The number of fused-ring (bicyclic) bond motifs is 1. The van der Waals surface area contributed by atoms with Gasteiger partial charge in [0.15, 0.2) is 5.65 Å². The summed E-state index contributed by atoms with van der Waals surface area (Å²) < 4.78 is 9.23. The van der Waals surface area contributed by atoms with Gasteiger partial charge in [-0.2, -0.15) is 0 Å². The van der Waals surface area contributed by atoms with Crippen molar-refractivity contribution in [1.82, 2.24) is 24.1 Å². The van der Waals surface area contributed by atoms with E-state index < -0.39 is 14.0 Å². The van der Waals surface area contributed by atoms with Crippen molar-refractivity contribution in [1.29, 1.82) is 0 Å². The molecule has 9 heteroatoms. The summed E-state index contributed by atoms with van der Waals surface area (Å²) in [6.07, 6.45) is 6.61. The second-order valence-electron chi connectivity index (χ2n) is 7.52. The number of carboxylic acid groups (broad SMARTS) is 1. The summed E-state index contributed by atoms with van der Waals surface area (Å²) in [5.41, 5.74) is 2.14. The van der Waals surface area contributed by atoms with E-state index in [9.17, 15) is 9.90 Å². The molecule has 0 atom stereocenters. The molecule has 0 saturated carbocycles. The summed E-state index contributed by atoms with van der Waals surface area (Å²) in [4.78, 5) is 24.7. The molecule has 0 amide bonds. The first-order valence-corrected chi connectivity index (χ1v) is 12.1. The maximum atomic E-state index is 11.6. The molecule has 138 valence electrons. The lowest BCUT2D eigenvalue weighted by atomic mass is 10.3. The highest BCUT2D eigenvalue weighted by atomic mass is 28.3. The van der Waals surface area contributed by atoms with E-state index in [2.05, 4.69) is 34.6 Å². The smallest absolute Gasteiger partial charge is 0.339 e. The van der Waals surface area contributed by atoms with E-state index in [1.165, 1.54) is 6.20 Å². The quantitative estimate of drug-likeness (QED) is 0.505. The normalized spacial score (nSPS) is 12.0. The molecule has 0 aliphatic carbocycles. The van der Waals surface area contributed by atoms with Crippen LogP contribution >= 0.6 is 0 Å². The van der Waals surface area contributed by atoms with Gasteiger partial charge in [-0.05, 0) is 6.04 Å². The third-order valence-electron chi connectivity index (χ3n) is 3.99. The number of aryl methyl sites for hydroxylation is 1. The molecule has 3 rings (SSSR count). The van der Waals surface area contributed by atoms with Crippen LogP contribution < -0.4 is 0 Å². The van der Waals surface area contributed by atoms with Crippen molar-refractivity contribution in [2.24, 2.45) is 7.05 Å². The molecule has 0 fully saturated rings. The molecule has 3 aromatic heterocycles. The average Bonchev–Trinajstić information content (AvgIpc) is 3.14. The van der Waals surface area contributed by atoms with E-state index in [-0.39, 0.29) is 12.3 Å². The van der Waals surface area contributed by atoms with Crippen LogP contribution in [-0.4, -0.2) is 49.8 Å². The van der Waals surface area contributed by atoms with Gasteiger partial charge in [0.25, 0.3) is 0 Å². The molecule has 3 heterocycles. The van der Waals surface area contributed by atoms with Crippen molar-refractivity contribution in [3.8, 4) is 11.4 Å². The van der Waals surface area contributed by atoms with Crippen molar-refractivity contribution < 1.29 is 14.6 Å². The lowest BCUT2D eigenvalue weighted by molar-refractivity contribution is 0.0696. The molecule has 3 aromatic rings. The van der Waals surface area contributed by atoms with E-state index in [0.29, 0.717) is 29.2 Å². The Bertz CT molecular complexity index is 942. The zero-order chi connectivity index (χ0) is 18.9. The zero-order valence-electron chi connectivity index (χ0n) is 15.4. The second-order valence-corrected chi connectivity index (χ2v) is 13.1. The minimum atomic E-state index is -1.17. The van der Waals surface area contributed by atoms with E-state index in [0.717, 1.165) is 6.04 Å². The van der Waals surface area contributed by atoms with Crippen LogP contribution in [0.25, 0.3) is 22.6 Å². The number of carboxylic acids is 1. The van der Waals surface area contributed by atoms with Crippen LogP contribution in [0, 0.1) is 0 Å². The molecule has 0 saturated heterocycles. The average molecular weight is 373 g/mol. The van der Waals surface area contributed by atoms with Gasteiger partial charge in [0.1, 0.15) is 29.2 Å². The summed E-state index contributed by atoms with van der Waals surface area (Å²) in [5.74, 6) is -1.04. The minimum absolute atomic E-state index is 0.110. The maximum Gasteiger partial charge on any atom is 0.339 e. The fourth-order valence-corrected chi connectivity index (χ4v) is 3.27. The van der Waals surface area contributed by atoms with E-state index >= 15 is 0 Å². The molecule has 0 radical (unpaired) electrons. The number of imidazole rings is 1. The Balaban J connectivity index is 1.89. The topological polar surface area (TPSA) is 95.1 Å². The summed E-state index contributed by atoms with van der Waals surface area (Å²) >= 11 is 0. The number of aromatic nitrogens is 5. The highest BCUT2D eigenvalue weighted by Crippen LogP contribution is 2.22. The lowest BCUT2D eigenvalue weighted by Crippen LogP contribution is -2.22. The molecular formula is C17H23N5O3Si. The molecule has 0 aromatic carbocycles. The van der Waals surface area contributed by atoms with E-state index in [4.69, 9.17) is 4.74 Å². The highest BCUT2D eigenvalue weighted by Gasteiger charge is 2.19. The Morgan fingerprint density at radius 2 is 2.00 bits per heavy atom. The molecule has 0 aliphatic rings. The predicted molar refractivity (Wildman–Crippen MR) is 101 cm³/mol. The minimum Gasteiger partial charge on any atom is -0.478 e. The Morgan fingerprint density at radius 3 is 2.62 bits per heavy atom. The number of rotatable bonds is 7. The zero-order valence-corrected chi connectivity index (χ0v) is 16.4. The number of aromatic carboxylic acids is 1. The fraction of sp³-hybridized carbons (Fsp3) is 0.412. The third-order valence-corrected chi connectivity index (χ3v) is 5.69. The van der Waals surface area contributed by atoms with Crippen LogP contribution in [0.3, 0.4) is 0 Å². The molecule has 0 bridgehead atoms. The van der Waals surface area contributed by atoms with E-state index in [1.807, 2.05) is 13.2 Å². The molecular weight excluding hydrogens is 350 g/mol. The Morgan fingerprint density at radius 1 is 1.23 bits per heavy atom. The summed E-state index contributed by atoms with van der Waals surface area (Å²) in [5, 5.41) is 9.50. The van der Waals surface area contributed by atoms with Crippen LogP contribution in [0.15, 0.2) is 24.9 Å². The van der Waals surface area contributed by atoms with Crippen molar-refractivity contribution in [2.75, 3.05) is 6.61 Å². The van der Waals surface area contributed by atoms with Gasteiger partial charge < -0.3 is 19.0 Å². The molecule has 26 heavy (non-hydrogen) atoms. The monoisotopic (exact) mass is 373 g/mol. The fourth-order valence-electron chi connectivity index (χ4n) is 2.52. The maximum absolute atomic E-state index is 11.6. The van der Waals surface area contributed by atoms with Gasteiger partial charge in [-0.15, -0.1) is 0 Å². The SMILES string of the molecule is Cn1cnc(-c2cnc3c(n2)c(C(=O)O)cn3COCC[Si](C)(C)C)c1. The number of ether oxygens (including phenoxy) is 1. The second kappa shape index (κ2) is 7.00. The summed E-state index contributed by atoms with van der Waals surface area (Å²) in [7, 11) is 0.691. The van der Waals surface area contributed by atoms with Crippen LogP contribution in [0.1, 0.15) is 10.4 Å². The van der Waals surface area contributed by atoms with Crippen LogP contribution in [0.5, 0.6) is 0 Å². The van der Waals surface area contributed by atoms with Gasteiger partial charge in [0, 0.05) is 34.1 Å². The molecule has 0 unspecified atom stereocenters. The van der Waals surface area contributed by atoms with Crippen LogP contribution in [-0.2, 0) is 18.5 Å². The number of hydrogen-bond donors (Lipinski definition) is 1. The van der Waals surface area contributed by atoms with Gasteiger partial charge in [0.05, 0.1) is 12.5 Å². The number of nitrogens with zero attached hydrogens (tertiary/aromatic N) is 5. The lowest BCUT2D eigenvalue weighted by Gasteiger charge is -2.15. The summed E-state index contributed by atoms with van der Waals surface area (Å²) in [6, 6.07) is 1.05. The van der Waals surface area contributed by atoms with Gasteiger partial charge in [-0.1, -0.05) is 19.6 Å². The Kier molecular flexibility index (Phi) is 4.92. The van der Waals surface area contributed by atoms with Crippen molar-refractivity contribution in [3.05, 3.63) is 30.5 Å². The first-order valence-electron chi connectivity index (χ1n) is 8.40. The van der Waals surface area contributed by atoms with Gasteiger partial charge in [-0.3, -0.25) is 0 Å². The van der Waals surface area contributed by atoms with Gasteiger partial charge in [-0.25, -0.2) is 19.7 Å². The number of hydrogen-bond acceptors (Lipinski definition) is 5. The largest absolute Gasteiger partial charge is 0.478 e. The number of carbonyl (C=O) groups is 1. The molecule has 1 N–H and O–H groups in total. The first kappa shape index (κ1) is 18.3. The standard InChI is InChI=1S/C17H23N5O3Si/c1-21-9-14(19-10-21)13-7-18-16-15(20-13)12(17(23)24)8-22(16)11-25-5-6-26(2,3)4/h7-10H,5-6,11H2,1-4H3,(H,23,24). The third kappa shape index (κ3) is 4.00. The first-order chi connectivity index (χ1) is 12.2. The van der Waals surface area contributed by atoms with E-state index in [1.54, 1.807) is 21.7 Å². The van der Waals surface area contributed by atoms with Crippen molar-refractivity contribution in [3.63, 3.8) is 0 Å². The highest BCUT2D eigenvalue weighted by molar-refractivity contribution is 6.76. The Hall–Kier alpha value is -2.52. The predicted octanol–water partition coefficient (Wildman–Crippen LogP) is 2.84. The van der Waals surface area contributed by atoms with Crippen LogP contribution in [0.4, 0.5) is 0 Å². The van der Waals surface area contributed by atoms with Crippen LogP contribution in [0.2, 0.25) is 25.7 Å². The van der Waals surface area contributed by atoms with Gasteiger partial charge in [0.2, 0.25) is 0 Å². The van der Waals surface area contributed by atoms with Gasteiger partial charge >= 0.3 is 5.97 Å². The van der Waals surface area contributed by atoms with Crippen molar-refractivity contribution >= 4 is 25.2 Å².